The molecule has 0 saturated carbocycles. The normalized spacial score (nSPS) is 18.4. The summed E-state index contributed by atoms with van der Waals surface area (Å²) in [6.07, 6.45) is 0. The van der Waals surface area contributed by atoms with Crippen LogP contribution in [-0.4, -0.2) is 49.1 Å². The number of nitrogens with two attached hydrogens (primary N) is 1. The fraction of sp³-hybridized carbons (Fsp3) is 0.467. The van der Waals surface area contributed by atoms with Gasteiger partial charge in [0.05, 0.1) is 13.2 Å². The maximum absolute atomic E-state index is 12.6. The summed E-state index contributed by atoms with van der Waals surface area (Å²) in [7, 11) is 0. The molecule has 2 amide bonds. The number of morpholine rings is 1. The van der Waals surface area contributed by atoms with E-state index >= 15 is 0 Å². The molecule has 0 spiro atoms. The molecular formula is C15H21N3O3. The summed E-state index contributed by atoms with van der Waals surface area (Å²) < 4.78 is 5.33. The van der Waals surface area contributed by atoms with Crippen molar-refractivity contribution in [1.29, 1.82) is 0 Å². The van der Waals surface area contributed by atoms with E-state index in [9.17, 15) is 9.59 Å². The Labute approximate surface area is 124 Å². The molecule has 0 aromatic heterocycles. The average molecular weight is 291 g/mol. The Morgan fingerprint density at radius 1 is 1.38 bits per heavy atom. The Balaban J connectivity index is 2.15. The summed E-state index contributed by atoms with van der Waals surface area (Å²) in [6.45, 7) is 3.91. The number of nitrogens with one attached hydrogen (secondary N) is 1. The first-order valence-electron chi connectivity index (χ1n) is 7.12. The van der Waals surface area contributed by atoms with E-state index in [-0.39, 0.29) is 18.4 Å². The van der Waals surface area contributed by atoms with Gasteiger partial charge in [0.25, 0.3) is 5.91 Å². The maximum atomic E-state index is 12.6. The number of hydrogen-bond acceptors (Lipinski definition) is 4. The third-order valence-corrected chi connectivity index (χ3v) is 3.48. The van der Waals surface area contributed by atoms with Crippen molar-refractivity contribution in [2.75, 3.05) is 26.3 Å². The number of ether oxygens (including phenoxy) is 1. The van der Waals surface area contributed by atoms with Gasteiger partial charge in [0, 0.05) is 25.2 Å². The van der Waals surface area contributed by atoms with Crippen LogP contribution in [0.5, 0.6) is 0 Å². The van der Waals surface area contributed by atoms with Crippen molar-refractivity contribution in [2.24, 2.45) is 5.73 Å². The molecule has 1 heterocycles. The van der Waals surface area contributed by atoms with Crippen LogP contribution < -0.4 is 11.1 Å². The van der Waals surface area contributed by atoms with Gasteiger partial charge in [-0.2, -0.15) is 0 Å². The minimum Gasteiger partial charge on any atom is -0.377 e. The third-order valence-electron chi connectivity index (χ3n) is 3.48. The maximum Gasteiger partial charge on any atom is 0.254 e. The van der Waals surface area contributed by atoms with Gasteiger partial charge in [0.1, 0.15) is 6.04 Å². The van der Waals surface area contributed by atoms with Crippen molar-refractivity contribution in [1.82, 2.24) is 10.2 Å². The first-order chi connectivity index (χ1) is 10.2. The minimum absolute atomic E-state index is 0.155. The van der Waals surface area contributed by atoms with Crippen molar-refractivity contribution in [3.63, 3.8) is 0 Å². The molecule has 21 heavy (non-hydrogen) atoms. The molecule has 1 aromatic rings. The van der Waals surface area contributed by atoms with Crippen molar-refractivity contribution in [2.45, 2.75) is 19.5 Å². The van der Waals surface area contributed by atoms with E-state index in [1.54, 1.807) is 17.0 Å². The van der Waals surface area contributed by atoms with Crippen LogP contribution in [0.4, 0.5) is 0 Å². The summed E-state index contributed by atoms with van der Waals surface area (Å²) in [5, 5.41) is 2.74. The zero-order chi connectivity index (χ0) is 15.2. The van der Waals surface area contributed by atoms with Crippen LogP contribution in [-0.2, 0) is 16.1 Å². The molecule has 2 rings (SSSR count). The molecular weight excluding hydrogens is 270 g/mol. The molecule has 1 unspecified atom stereocenters. The number of hydrogen-bond donors (Lipinski definition) is 2. The van der Waals surface area contributed by atoms with Gasteiger partial charge in [-0.25, -0.2) is 0 Å². The highest BCUT2D eigenvalue weighted by Gasteiger charge is 2.32. The largest absolute Gasteiger partial charge is 0.377 e. The zero-order valence-electron chi connectivity index (χ0n) is 12.2. The second kappa shape index (κ2) is 7.19. The van der Waals surface area contributed by atoms with Gasteiger partial charge >= 0.3 is 0 Å². The number of benzene rings is 1. The first kappa shape index (κ1) is 15.5. The van der Waals surface area contributed by atoms with Crippen LogP contribution in [0, 0.1) is 0 Å². The van der Waals surface area contributed by atoms with E-state index in [4.69, 9.17) is 10.5 Å². The summed E-state index contributed by atoms with van der Waals surface area (Å²) >= 11 is 0. The lowest BCUT2D eigenvalue weighted by molar-refractivity contribution is -0.130. The van der Waals surface area contributed by atoms with Crippen LogP contribution >= 0.6 is 0 Å². The Bertz CT molecular complexity index is 501. The highest BCUT2D eigenvalue weighted by atomic mass is 16.5. The Morgan fingerprint density at radius 3 is 2.71 bits per heavy atom. The summed E-state index contributed by atoms with van der Waals surface area (Å²) in [6, 6.07) is 6.58. The standard InChI is InChI=1S/C15H21N3O3/c1-2-17-14(19)13-10-21-8-7-18(13)15(20)12-5-3-11(9-16)4-6-12/h3-6,13H,2,7-10,16H2,1H3,(H,17,19). The molecule has 0 aliphatic carbocycles. The predicted octanol–water partition coefficient (Wildman–Crippen LogP) is 0.122. The van der Waals surface area contributed by atoms with Crippen LogP contribution in [0.2, 0.25) is 0 Å². The smallest absolute Gasteiger partial charge is 0.254 e. The van der Waals surface area contributed by atoms with Crippen LogP contribution in [0.1, 0.15) is 22.8 Å². The van der Waals surface area contributed by atoms with E-state index in [1.165, 1.54) is 0 Å². The molecule has 1 atom stereocenters. The molecule has 1 aromatic carbocycles. The highest BCUT2D eigenvalue weighted by molar-refractivity contribution is 5.97. The van der Waals surface area contributed by atoms with E-state index in [1.807, 2.05) is 19.1 Å². The Hall–Kier alpha value is -1.92. The number of likely N-dealkylation sites (N-methyl/N-ethyl adjacent to an activating group) is 1. The summed E-state index contributed by atoms with van der Waals surface area (Å²) in [4.78, 5) is 26.2. The molecule has 114 valence electrons. The quantitative estimate of drug-likeness (QED) is 0.825. The van der Waals surface area contributed by atoms with Crippen molar-refractivity contribution < 1.29 is 14.3 Å². The molecule has 1 saturated heterocycles. The van der Waals surface area contributed by atoms with Gasteiger partial charge in [-0.15, -0.1) is 0 Å². The van der Waals surface area contributed by atoms with Crippen molar-refractivity contribution in [3.05, 3.63) is 35.4 Å². The fourth-order valence-electron chi connectivity index (χ4n) is 2.31. The van der Waals surface area contributed by atoms with Crippen molar-refractivity contribution >= 4 is 11.8 Å². The van der Waals surface area contributed by atoms with Gasteiger partial charge in [-0.3, -0.25) is 9.59 Å². The number of rotatable bonds is 4. The zero-order valence-corrected chi connectivity index (χ0v) is 12.2. The molecule has 3 N–H and O–H groups in total. The lowest BCUT2D eigenvalue weighted by atomic mass is 10.1. The summed E-state index contributed by atoms with van der Waals surface area (Å²) in [5.41, 5.74) is 7.07. The van der Waals surface area contributed by atoms with E-state index in [0.29, 0.717) is 31.8 Å². The van der Waals surface area contributed by atoms with Crippen LogP contribution in [0.15, 0.2) is 24.3 Å². The van der Waals surface area contributed by atoms with Gasteiger partial charge in [0.2, 0.25) is 5.91 Å². The van der Waals surface area contributed by atoms with Crippen LogP contribution in [0.25, 0.3) is 0 Å². The SMILES string of the molecule is CCNC(=O)C1COCCN1C(=O)c1ccc(CN)cc1. The third kappa shape index (κ3) is 3.59. The van der Waals surface area contributed by atoms with Gasteiger partial charge in [0.15, 0.2) is 0 Å². The monoisotopic (exact) mass is 291 g/mol. The average Bonchev–Trinajstić information content (AvgIpc) is 2.54. The molecule has 0 radical (unpaired) electrons. The molecule has 1 fully saturated rings. The molecule has 1 aliphatic heterocycles. The second-order valence-corrected chi connectivity index (χ2v) is 4.88. The van der Waals surface area contributed by atoms with E-state index in [0.717, 1.165) is 5.56 Å². The number of carbonyl (C=O) groups is 2. The van der Waals surface area contributed by atoms with E-state index in [2.05, 4.69) is 5.32 Å². The van der Waals surface area contributed by atoms with E-state index < -0.39 is 6.04 Å². The topological polar surface area (TPSA) is 84.7 Å². The van der Waals surface area contributed by atoms with Gasteiger partial charge in [-0.05, 0) is 24.6 Å². The lowest BCUT2D eigenvalue weighted by Gasteiger charge is -2.34. The highest BCUT2D eigenvalue weighted by Crippen LogP contribution is 2.14. The molecule has 1 aliphatic rings. The molecule has 0 bridgehead atoms. The fourth-order valence-corrected chi connectivity index (χ4v) is 2.31. The summed E-state index contributed by atoms with van der Waals surface area (Å²) in [5.74, 6) is -0.331. The first-order valence-corrected chi connectivity index (χ1v) is 7.12. The molecule has 6 heteroatoms. The van der Waals surface area contributed by atoms with Crippen molar-refractivity contribution in [3.8, 4) is 0 Å². The molecule has 6 nitrogen and oxygen atoms in total. The Morgan fingerprint density at radius 2 is 2.10 bits per heavy atom. The minimum atomic E-state index is -0.569. The predicted molar refractivity (Wildman–Crippen MR) is 78.7 cm³/mol. The van der Waals surface area contributed by atoms with Gasteiger partial charge in [-0.1, -0.05) is 12.1 Å². The number of nitrogens with zero attached hydrogens (tertiary/aromatic N) is 1. The Kier molecular flexibility index (Phi) is 5.30. The second-order valence-electron chi connectivity index (χ2n) is 4.88. The number of carbonyl (C=O) groups excluding carboxylic acids is 2. The lowest BCUT2D eigenvalue weighted by Crippen LogP contribution is -2.55. The van der Waals surface area contributed by atoms with Gasteiger partial charge < -0.3 is 20.7 Å². The van der Waals surface area contributed by atoms with Crippen LogP contribution in [0.3, 0.4) is 0 Å². The number of amides is 2.